The summed E-state index contributed by atoms with van der Waals surface area (Å²) in [6.45, 7) is 9.31. The van der Waals surface area contributed by atoms with Crippen LogP contribution in [0.1, 0.15) is 67.2 Å². The van der Waals surface area contributed by atoms with Gasteiger partial charge in [-0.1, -0.05) is 25.5 Å². The summed E-state index contributed by atoms with van der Waals surface area (Å²) in [4.78, 5) is 50.6. The first-order valence-electron chi connectivity index (χ1n) is 12.1. The summed E-state index contributed by atoms with van der Waals surface area (Å²) >= 11 is 0. The van der Waals surface area contributed by atoms with Gasteiger partial charge >= 0.3 is 17.9 Å². The molecule has 9 nitrogen and oxygen atoms in total. The van der Waals surface area contributed by atoms with E-state index in [1.54, 1.807) is 32.9 Å². The van der Waals surface area contributed by atoms with E-state index in [1.165, 1.54) is 26.8 Å². The number of ether oxygens (including phenoxy) is 3. The Kier molecular flexibility index (Phi) is 7.35. The van der Waals surface area contributed by atoms with Crippen molar-refractivity contribution in [1.82, 2.24) is 0 Å². The molecule has 0 bridgehead atoms. The average molecular weight is 493 g/mol. The zero-order valence-electron chi connectivity index (χ0n) is 21.2. The number of rotatable bonds is 4. The van der Waals surface area contributed by atoms with Gasteiger partial charge in [-0.25, -0.2) is 0 Å². The van der Waals surface area contributed by atoms with Crippen LogP contribution in [0.15, 0.2) is 23.8 Å². The van der Waals surface area contributed by atoms with Crippen molar-refractivity contribution in [1.29, 1.82) is 0 Å². The van der Waals surface area contributed by atoms with Crippen molar-refractivity contribution in [3.05, 3.63) is 23.8 Å². The summed E-state index contributed by atoms with van der Waals surface area (Å²) in [6, 6.07) is 0. The number of hydrogen-bond donors (Lipinski definition) is 2. The van der Waals surface area contributed by atoms with Gasteiger partial charge < -0.3 is 24.4 Å². The minimum absolute atomic E-state index is 0.0258. The van der Waals surface area contributed by atoms with Crippen molar-refractivity contribution < 1.29 is 43.6 Å². The Morgan fingerprint density at radius 1 is 1.20 bits per heavy atom. The standard InChI is InChI=1S/C26H36O9/c1-7-8-20(29)35-22-21-24(5,12-11-17(28)25(21,6)31)18(33-16(4)27)10-9-14(2)13-19-26(22,32)15(3)23(30)34-19/h11-13,15,18-19,21-22,31-32H,7-10H2,1-6H3. The monoisotopic (exact) mass is 492 g/mol. The molecule has 0 aromatic heterocycles. The minimum Gasteiger partial charge on any atom is -0.462 e. The van der Waals surface area contributed by atoms with E-state index in [1.807, 2.05) is 0 Å². The van der Waals surface area contributed by atoms with Crippen LogP contribution in [0.2, 0.25) is 0 Å². The van der Waals surface area contributed by atoms with Gasteiger partial charge in [0.05, 0.1) is 5.92 Å². The lowest BCUT2D eigenvalue weighted by molar-refractivity contribution is -0.225. The maximum Gasteiger partial charge on any atom is 0.312 e. The number of carbonyl (C=O) groups excluding carboxylic acids is 4. The SMILES string of the molecule is CCCC(=O)OC1C2C(C)(O)C(=O)C=CC2(C)C(OC(C)=O)CCC(C)=CC2OC(=O)C(C)C21O. The first kappa shape index (κ1) is 27.1. The highest BCUT2D eigenvalue weighted by Crippen LogP contribution is 2.54. The molecule has 3 rings (SSSR count). The zero-order valence-corrected chi connectivity index (χ0v) is 21.2. The summed E-state index contributed by atoms with van der Waals surface area (Å²) in [7, 11) is 0. The van der Waals surface area contributed by atoms with E-state index in [-0.39, 0.29) is 6.42 Å². The fourth-order valence-electron chi connectivity index (χ4n) is 5.78. The van der Waals surface area contributed by atoms with Gasteiger partial charge in [0.2, 0.25) is 0 Å². The van der Waals surface area contributed by atoms with Crippen molar-refractivity contribution in [2.24, 2.45) is 17.3 Å². The van der Waals surface area contributed by atoms with Crippen LogP contribution in [-0.4, -0.2) is 63.4 Å². The van der Waals surface area contributed by atoms with Crippen molar-refractivity contribution in [2.75, 3.05) is 0 Å². The number of esters is 3. The van der Waals surface area contributed by atoms with Gasteiger partial charge in [-0.15, -0.1) is 0 Å². The van der Waals surface area contributed by atoms with Gasteiger partial charge in [0.1, 0.15) is 17.8 Å². The molecule has 0 aromatic carbocycles. The Balaban J connectivity index is 2.34. The normalized spacial score (nSPS) is 41.3. The average Bonchev–Trinajstić information content (AvgIpc) is 2.97. The highest BCUT2D eigenvalue weighted by molar-refractivity contribution is 5.98. The second-order valence-corrected chi connectivity index (χ2v) is 10.5. The molecular weight excluding hydrogens is 456 g/mol. The molecule has 1 saturated heterocycles. The number of allylic oxidation sites excluding steroid dienone is 1. The lowest BCUT2D eigenvalue weighted by Gasteiger charge is -2.54. The van der Waals surface area contributed by atoms with Crippen LogP contribution in [0.4, 0.5) is 0 Å². The second-order valence-electron chi connectivity index (χ2n) is 10.5. The van der Waals surface area contributed by atoms with Crippen molar-refractivity contribution >= 4 is 23.7 Å². The quantitative estimate of drug-likeness (QED) is 0.344. The molecule has 2 N–H and O–H groups in total. The Morgan fingerprint density at radius 2 is 1.86 bits per heavy atom. The van der Waals surface area contributed by atoms with E-state index in [0.29, 0.717) is 19.3 Å². The summed E-state index contributed by atoms with van der Waals surface area (Å²) in [5.74, 6) is -4.95. The van der Waals surface area contributed by atoms with Gasteiger partial charge in [0.25, 0.3) is 0 Å². The second kappa shape index (κ2) is 9.50. The van der Waals surface area contributed by atoms with E-state index < -0.39 is 70.5 Å². The molecule has 1 heterocycles. The third kappa shape index (κ3) is 4.56. The van der Waals surface area contributed by atoms with Crippen LogP contribution in [0.5, 0.6) is 0 Å². The van der Waals surface area contributed by atoms with Gasteiger partial charge in [-0.2, -0.15) is 0 Å². The van der Waals surface area contributed by atoms with Crippen LogP contribution in [0, 0.1) is 17.3 Å². The van der Waals surface area contributed by atoms with Crippen LogP contribution in [0.25, 0.3) is 0 Å². The van der Waals surface area contributed by atoms with Crippen molar-refractivity contribution in [2.45, 2.75) is 96.7 Å². The van der Waals surface area contributed by atoms with Gasteiger partial charge in [0, 0.05) is 24.7 Å². The Labute approximate surface area is 205 Å². The molecule has 0 amide bonds. The first-order chi connectivity index (χ1) is 16.2. The number of fused-ring (bicyclic) bond motifs is 2. The van der Waals surface area contributed by atoms with Crippen molar-refractivity contribution in [3.8, 4) is 0 Å². The number of aliphatic hydroxyl groups is 2. The lowest BCUT2D eigenvalue weighted by atomic mass is 9.55. The lowest BCUT2D eigenvalue weighted by Crippen LogP contribution is -2.68. The molecule has 35 heavy (non-hydrogen) atoms. The minimum atomic E-state index is -2.12. The third-order valence-corrected chi connectivity index (χ3v) is 7.82. The Bertz CT molecular complexity index is 964. The van der Waals surface area contributed by atoms with Crippen LogP contribution >= 0.6 is 0 Å². The zero-order chi connectivity index (χ0) is 26.3. The first-order valence-corrected chi connectivity index (χ1v) is 12.1. The number of carbonyl (C=O) groups is 4. The van der Waals surface area contributed by atoms with E-state index in [4.69, 9.17) is 14.2 Å². The van der Waals surface area contributed by atoms with Gasteiger partial charge in [0.15, 0.2) is 17.5 Å². The fraction of sp³-hybridized carbons (Fsp3) is 0.692. The Morgan fingerprint density at radius 3 is 2.46 bits per heavy atom. The molecule has 2 aliphatic carbocycles. The van der Waals surface area contributed by atoms with E-state index in [0.717, 1.165) is 5.57 Å². The molecule has 9 heteroatoms. The summed E-state index contributed by atoms with van der Waals surface area (Å²) in [5, 5.41) is 23.8. The number of ketones is 1. The molecule has 0 spiro atoms. The molecule has 8 unspecified atom stereocenters. The predicted octanol–water partition coefficient (Wildman–Crippen LogP) is 2.18. The summed E-state index contributed by atoms with van der Waals surface area (Å²) < 4.78 is 17.1. The highest BCUT2D eigenvalue weighted by Gasteiger charge is 2.69. The molecule has 8 atom stereocenters. The van der Waals surface area contributed by atoms with Gasteiger partial charge in [-0.05, 0) is 52.2 Å². The molecule has 194 valence electrons. The summed E-state index contributed by atoms with van der Waals surface area (Å²) in [6.07, 6.45) is 2.09. The van der Waals surface area contributed by atoms with E-state index in [2.05, 4.69) is 0 Å². The largest absolute Gasteiger partial charge is 0.462 e. The van der Waals surface area contributed by atoms with Gasteiger partial charge in [-0.3, -0.25) is 19.2 Å². The molecule has 1 fully saturated rings. The molecular formula is C26H36O9. The van der Waals surface area contributed by atoms with E-state index >= 15 is 0 Å². The van der Waals surface area contributed by atoms with E-state index in [9.17, 15) is 29.4 Å². The molecule has 0 saturated carbocycles. The topological polar surface area (TPSA) is 136 Å². The highest BCUT2D eigenvalue weighted by atomic mass is 16.6. The molecule has 0 radical (unpaired) electrons. The maximum absolute atomic E-state index is 13.0. The predicted molar refractivity (Wildman–Crippen MR) is 124 cm³/mol. The molecule has 3 aliphatic rings. The fourth-order valence-corrected chi connectivity index (χ4v) is 5.78. The maximum atomic E-state index is 13.0. The third-order valence-electron chi connectivity index (χ3n) is 7.82. The van der Waals surface area contributed by atoms with Crippen LogP contribution in [0.3, 0.4) is 0 Å². The van der Waals surface area contributed by atoms with Crippen molar-refractivity contribution in [3.63, 3.8) is 0 Å². The molecule has 0 aromatic rings. The van der Waals surface area contributed by atoms with Crippen LogP contribution in [-0.2, 0) is 33.4 Å². The van der Waals surface area contributed by atoms with Crippen LogP contribution < -0.4 is 0 Å². The smallest absolute Gasteiger partial charge is 0.312 e. The summed E-state index contributed by atoms with van der Waals surface area (Å²) in [5.41, 5.74) is -4.69. The molecule has 1 aliphatic heterocycles. The number of hydrogen-bond acceptors (Lipinski definition) is 9. The Hall–Kier alpha value is -2.52.